The lowest BCUT2D eigenvalue weighted by molar-refractivity contribution is -0.287. The lowest BCUT2D eigenvalue weighted by Gasteiger charge is -2.60. The van der Waals surface area contributed by atoms with Crippen LogP contribution in [0.15, 0.2) is 55.6 Å². The van der Waals surface area contributed by atoms with Crippen LogP contribution in [0.1, 0.15) is 52.0 Å². The zero-order valence-corrected chi connectivity index (χ0v) is 17.1. The van der Waals surface area contributed by atoms with Crippen LogP contribution in [-0.4, -0.2) is 34.4 Å². The van der Waals surface area contributed by atoms with Gasteiger partial charge in [0.25, 0.3) is 0 Å². The summed E-state index contributed by atoms with van der Waals surface area (Å²) >= 11 is 0. The average Bonchev–Trinajstić information content (AvgIpc) is 2.64. The summed E-state index contributed by atoms with van der Waals surface area (Å²) in [6.07, 6.45) is 7.38. The number of fused-ring (bicyclic) bond motifs is 1. The van der Waals surface area contributed by atoms with Gasteiger partial charge in [-0.25, -0.2) is 0 Å². The number of aliphatic hydroxyl groups is 1. The van der Waals surface area contributed by atoms with E-state index < -0.39 is 11.8 Å². The van der Waals surface area contributed by atoms with Crippen LogP contribution >= 0.6 is 0 Å². The molecule has 1 saturated heterocycles. The fourth-order valence-corrected chi connectivity index (χ4v) is 5.19. The molecular weight excluding hydrogens is 334 g/mol. The predicted molar refractivity (Wildman–Crippen MR) is 111 cm³/mol. The summed E-state index contributed by atoms with van der Waals surface area (Å²) in [5.41, 5.74) is -0.345. The molecule has 2 fully saturated rings. The Morgan fingerprint density at radius 3 is 2.56 bits per heavy atom. The van der Waals surface area contributed by atoms with Crippen molar-refractivity contribution in [3.05, 3.63) is 61.2 Å². The quantitative estimate of drug-likeness (QED) is 0.726. The summed E-state index contributed by atoms with van der Waals surface area (Å²) in [5, 5.41) is 11.9. The van der Waals surface area contributed by atoms with Crippen molar-refractivity contribution < 1.29 is 9.84 Å². The first-order valence-electron chi connectivity index (χ1n) is 10.3. The maximum Gasteiger partial charge on any atom is 0.145 e. The highest BCUT2D eigenvalue weighted by molar-refractivity contribution is 5.26. The number of nitrogens with zero attached hydrogens (tertiary/aromatic N) is 1. The van der Waals surface area contributed by atoms with E-state index in [-0.39, 0.29) is 11.6 Å². The van der Waals surface area contributed by atoms with Gasteiger partial charge < -0.3 is 9.84 Å². The van der Waals surface area contributed by atoms with Gasteiger partial charge in [0, 0.05) is 24.4 Å². The van der Waals surface area contributed by atoms with E-state index in [0.29, 0.717) is 24.8 Å². The maximum absolute atomic E-state index is 11.9. The number of ether oxygens (including phenoxy) is 1. The van der Waals surface area contributed by atoms with Gasteiger partial charge in [-0.3, -0.25) is 4.90 Å². The highest BCUT2D eigenvalue weighted by Gasteiger charge is 2.55. The molecule has 0 radical (unpaired) electrons. The SMILES string of the molecule is C=CCN1[C@H]([C@@](O)(CC=C)c2ccccc2)O[C@@H]2C[C@H](C)CC[C@H]2C1(C)C. The molecule has 5 atom stereocenters. The Balaban J connectivity index is 2.06. The standard InChI is InChI=1S/C24H35NO2/c1-6-15-24(26,19-11-9-8-10-12-19)22-25(16-7-2)23(4,5)20-14-13-18(3)17-21(20)27-22/h6-12,18,20-22,26H,1-2,13-17H2,3-5H3/t18-,20-,21-,22+,24-/m1/s1. The molecule has 1 aromatic carbocycles. The minimum atomic E-state index is -1.14. The molecule has 148 valence electrons. The Bertz CT molecular complexity index is 656. The first-order valence-corrected chi connectivity index (χ1v) is 10.3. The van der Waals surface area contributed by atoms with E-state index in [1.54, 1.807) is 6.08 Å². The van der Waals surface area contributed by atoms with E-state index in [1.807, 2.05) is 36.4 Å². The van der Waals surface area contributed by atoms with Crippen LogP contribution in [-0.2, 0) is 10.3 Å². The topological polar surface area (TPSA) is 32.7 Å². The van der Waals surface area contributed by atoms with Gasteiger partial charge in [-0.1, -0.05) is 55.8 Å². The van der Waals surface area contributed by atoms with E-state index in [0.717, 1.165) is 12.0 Å². The van der Waals surface area contributed by atoms with Crippen molar-refractivity contribution in [2.24, 2.45) is 11.8 Å². The van der Waals surface area contributed by atoms with Crippen LogP contribution in [0.2, 0.25) is 0 Å². The van der Waals surface area contributed by atoms with Crippen molar-refractivity contribution >= 4 is 0 Å². The van der Waals surface area contributed by atoms with Crippen molar-refractivity contribution in [2.75, 3.05) is 6.54 Å². The van der Waals surface area contributed by atoms with Gasteiger partial charge in [0.1, 0.15) is 11.8 Å². The lowest BCUT2D eigenvalue weighted by Crippen LogP contribution is -2.69. The molecule has 1 aliphatic heterocycles. The van der Waals surface area contributed by atoms with E-state index in [1.165, 1.54) is 12.8 Å². The van der Waals surface area contributed by atoms with Crippen molar-refractivity contribution in [3.8, 4) is 0 Å². The number of hydrogen-bond acceptors (Lipinski definition) is 3. The molecule has 0 aromatic heterocycles. The number of rotatable bonds is 6. The molecule has 1 aromatic rings. The second kappa shape index (κ2) is 7.90. The molecule has 1 aliphatic carbocycles. The summed E-state index contributed by atoms with van der Waals surface area (Å²) in [5.74, 6) is 1.13. The summed E-state index contributed by atoms with van der Waals surface area (Å²) < 4.78 is 6.71. The number of benzene rings is 1. The molecule has 3 heteroatoms. The van der Waals surface area contributed by atoms with Crippen molar-refractivity contribution in [2.45, 2.75) is 69.9 Å². The van der Waals surface area contributed by atoms with Crippen molar-refractivity contribution in [3.63, 3.8) is 0 Å². The smallest absolute Gasteiger partial charge is 0.145 e. The van der Waals surface area contributed by atoms with E-state index >= 15 is 0 Å². The van der Waals surface area contributed by atoms with Crippen LogP contribution in [0.4, 0.5) is 0 Å². The molecule has 1 saturated carbocycles. The fourth-order valence-electron chi connectivity index (χ4n) is 5.19. The Hall–Kier alpha value is -1.42. The van der Waals surface area contributed by atoms with Crippen LogP contribution in [0.5, 0.6) is 0 Å². The molecule has 1 heterocycles. The van der Waals surface area contributed by atoms with E-state index in [9.17, 15) is 5.11 Å². The highest BCUT2D eigenvalue weighted by atomic mass is 16.5. The van der Waals surface area contributed by atoms with Gasteiger partial charge in [-0.05, 0) is 38.2 Å². The van der Waals surface area contributed by atoms with Gasteiger partial charge in [0.15, 0.2) is 0 Å². The van der Waals surface area contributed by atoms with E-state index in [4.69, 9.17) is 4.74 Å². The molecule has 1 N–H and O–H groups in total. The number of hydrogen-bond donors (Lipinski definition) is 1. The highest BCUT2D eigenvalue weighted by Crippen LogP contribution is 2.49. The van der Waals surface area contributed by atoms with Gasteiger partial charge in [-0.15, -0.1) is 13.2 Å². The largest absolute Gasteiger partial charge is 0.381 e. The van der Waals surface area contributed by atoms with Crippen LogP contribution in [0.3, 0.4) is 0 Å². The Morgan fingerprint density at radius 2 is 1.93 bits per heavy atom. The average molecular weight is 370 g/mol. The minimum Gasteiger partial charge on any atom is -0.381 e. The summed E-state index contributed by atoms with van der Waals surface area (Å²) in [4.78, 5) is 2.31. The summed E-state index contributed by atoms with van der Waals surface area (Å²) in [7, 11) is 0. The van der Waals surface area contributed by atoms with Gasteiger partial charge in [0.2, 0.25) is 0 Å². The first-order chi connectivity index (χ1) is 12.8. The zero-order chi connectivity index (χ0) is 19.7. The molecule has 0 spiro atoms. The Kier molecular flexibility index (Phi) is 5.95. The fraction of sp³-hybridized carbons (Fsp3) is 0.583. The third kappa shape index (κ3) is 3.65. The minimum absolute atomic E-state index is 0.0775. The zero-order valence-electron chi connectivity index (χ0n) is 17.1. The summed E-state index contributed by atoms with van der Waals surface area (Å²) in [6, 6.07) is 9.90. The van der Waals surface area contributed by atoms with Gasteiger partial charge in [0.05, 0.1) is 6.10 Å². The lowest BCUT2D eigenvalue weighted by atomic mass is 9.68. The normalized spacial score (nSPS) is 32.9. The maximum atomic E-state index is 11.9. The van der Waals surface area contributed by atoms with Crippen LogP contribution in [0, 0.1) is 11.8 Å². The van der Waals surface area contributed by atoms with E-state index in [2.05, 4.69) is 38.8 Å². The third-order valence-electron chi connectivity index (χ3n) is 6.75. The third-order valence-corrected chi connectivity index (χ3v) is 6.75. The van der Waals surface area contributed by atoms with Crippen LogP contribution < -0.4 is 0 Å². The Morgan fingerprint density at radius 1 is 1.22 bits per heavy atom. The first kappa shape index (κ1) is 20.3. The van der Waals surface area contributed by atoms with Crippen molar-refractivity contribution in [1.29, 1.82) is 0 Å². The Labute approximate surface area is 164 Å². The van der Waals surface area contributed by atoms with Gasteiger partial charge in [-0.2, -0.15) is 0 Å². The molecule has 0 bridgehead atoms. The second-order valence-corrected chi connectivity index (χ2v) is 8.93. The molecule has 27 heavy (non-hydrogen) atoms. The molecule has 0 unspecified atom stereocenters. The molecule has 3 rings (SSSR count). The molecule has 2 aliphatic rings. The van der Waals surface area contributed by atoms with Crippen LogP contribution in [0.25, 0.3) is 0 Å². The molecular formula is C24H35NO2. The molecule has 0 amide bonds. The summed E-state index contributed by atoms with van der Waals surface area (Å²) in [6.45, 7) is 15.5. The monoisotopic (exact) mass is 369 g/mol. The van der Waals surface area contributed by atoms with Gasteiger partial charge >= 0.3 is 0 Å². The van der Waals surface area contributed by atoms with Crippen molar-refractivity contribution in [1.82, 2.24) is 4.90 Å². The predicted octanol–water partition coefficient (Wildman–Crippen LogP) is 4.88. The molecule has 3 nitrogen and oxygen atoms in total. The second-order valence-electron chi connectivity index (χ2n) is 8.93.